The van der Waals surface area contributed by atoms with Crippen molar-refractivity contribution in [3.8, 4) is 0 Å². The zero-order chi connectivity index (χ0) is 22.8. The molecule has 32 heavy (non-hydrogen) atoms. The van der Waals surface area contributed by atoms with Crippen molar-refractivity contribution in [2.45, 2.75) is 52.4 Å². The second-order valence-electron chi connectivity index (χ2n) is 8.95. The van der Waals surface area contributed by atoms with Gasteiger partial charge in [0.15, 0.2) is 5.78 Å². The van der Waals surface area contributed by atoms with Crippen LogP contribution in [0.25, 0.3) is 6.08 Å². The average Bonchev–Trinajstić information content (AvgIpc) is 3.08. The molecule has 0 aromatic heterocycles. The van der Waals surface area contributed by atoms with E-state index in [1.54, 1.807) is 0 Å². The molecule has 0 aliphatic heterocycles. The largest absolute Gasteiger partial charge is 0.463 e. The molecule has 0 N–H and O–H groups in total. The minimum Gasteiger partial charge on any atom is -0.463 e. The second-order valence-corrected chi connectivity index (χ2v) is 8.95. The molecule has 0 saturated heterocycles. The lowest BCUT2D eigenvalue weighted by Gasteiger charge is -2.28. The molecule has 0 spiro atoms. The van der Waals surface area contributed by atoms with Crippen LogP contribution in [0.5, 0.6) is 0 Å². The van der Waals surface area contributed by atoms with Gasteiger partial charge in [0.25, 0.3) is 0 Å². The predicted molar refractivity (Wildman–Crippen MR) is 128 cm³/mol. The van der Waals surface area contributed by atoms with Crippen LogP contribution in [0.2, 0.25) is 0 Å². The molecular formula is C29H30O3. The van der Waals surface area contributed by atoms with Crippen molar-refractivity contribution in [1.82, 2.24) is 0 Å². The third-order valence-electron chi connectivity index (χ3n) is 6.41. The maximum absolute atomic E-state index is 13.6. The predicted octanol–water partition coefficient (Wildman–Crippen LogP) is 6.53. The molecule has 0 amide bonds. The zero-order valence-corrected chi connectivity index (χ0v) is 19.3. The van der Waals surface area contributed by atoms with Gasteiger partial charge in [-0.25, -0.2) is 4.79 Å². The maximum Gasteiger partial charge on any atom is 0.334 e. The highest BCUT2D eigenvalue weighted by atomic mass is 16.5. The third kappa shape index (κ3) is 4.12. The van der Waals surface area contributed by atoms with Crippen molar-refractivity contribution in [1.29, 1.82) is 0 Å². The van der Waals surface area contributed by atoms with Crippen molar-refractivity contribution in [2.75, 3.05) is 6.61 Å². The SMILES string of the molecule is CCOC(=O)C1=C(C)CC2=C(C(=O)C(=Cc3ccccc3)C2)C1c1ccc(C(C)C)cc1. The molecule has 0 saturated carbocycles. The standard InChI is InChI=1S/C29H30O3/c1-5-32-29(31)25-19(4)15-23-17-24(16-20-9-7-6-8-10-20)28(30)27(23)26(25)22-13-11-21(12-14-22)18(2)3/h6-14,16,18,26H,5,15,17H2,1-4H3. The summed E-state index contributed by atoms with van der Waals surface area (Å²) in [5.74, 6) is -0.229. The summed E-state index contributed by atoms with van der Waals surface area (Å²) in [6, 6.07) is 18.3. The smallest absolute Gasteiger partial charge is 0.334 e. The summed E-state index contributed by atoms with van der Waals surface area (Å²) in [5.41, 5.74) is 7.52. The zero-order valence-electron chi connectivity index (χ0n) is 19.3. The van der Waals surface area contributed by atoms with Gasteiger partial charge in [0.1, 0.15) is 0 Å². The van der Waals surface area contributed by atoms with Gasteiger partial charge in [-0.2, -0.15) is 0 Å². The van der Waals surface area contributed by atoms with Crippen molar-refractivity contribution in [3.05, 3.63) is 99.2 Å². The fourth-order valence-corrected chi connectivity index (χ4v) is 4.81. The number of Topliss-reactive ketones (excluding diaryl/α,β-unsaturated/α-hetero) is 1. The van der Waals surface area contributed by atoms with Crippen molar-refractivity contribution in [3.63, 3.8) is 0 Å². The Morgan fingerprint density at radius 3 is 2.38 bits per heavy atom. The summed E-state index contributed by atoms with van der Waals surface area (Å²) in [5, 5.41) is 0. The molecule has 2 aliphatic carbocycles. The van der Waals surface area contributed by atoms with E-state index in [0.717, 1.165) is 33.4 Å². The van der Waals surface area contributed by atoms with E-state index >= 15 is 0 Å². The molecule has 2 aromatic rings. The van der Waals surface area contributed by atoms with E-state index in [1.807, 2.05) is 50.3 Å². The lowest BCUT2D eigenvalue weighted by molar-refractivity contribution is -0.138. The molecule has 0 fully saturated rings. The average molecular weight is 427 g/mol. The first-order chi connectivity index (χ1) is 15.4. The summed E-state index contributed by atoms with van der Waals surface area (Å²) in [6.45, 7) is 8.44. The van der Waals surface area contributed by atoms with Crippen LogP contribution in [0.4, 0.5) is 0 Å². The van der Waals surface area contributed by atoms with Crippen LogP contribution in [0.3, 0.4) is 0 Å². The Morgan fingerprint density at radius 1 is 1.06 bits per heavy atom. The summed E-state index contributed by atoms with van der Waals surface area (Å²) >= 11 is 0. The van der Waals surface area contributed by atoms with E-state index in [4.69, 9.17) is 4.74 Å². The van der Waals surface area contributed by atoms with E-state index in [2.05, 4.69) is 38.1 Å². The van der Waals surface area contributed by atoms with Crippen molar-refractivity contribution >= 4 is 17.8 Å². The Bertz CT molecular complexity index is 1130. The number of carbonyl (C=O) groups excluding carboxylic acids is 2. The van der Waals surface area contributed by atoms with Crippen LogP contribution in [0.1, 0.15) is 69.1 Å². The minimum atomic E-state index is -0.381. The fraction of sp³-hybridized carbons (Fsp3) is 0.310. The van der Waals surface area contributed by atoms with Crippen molar-refractivity contribution in [2.24, 2.45) is 0 Å². The number of rotatable bonds is 5. The Hall–Kier alpha value is -3.20. The summed E-state index contributed by atoms with van der Waals surface area (Å²) in [4.78, 5) is 26.6. The molecule has 0 bridgehead atoms. The molecule has 4 rings (SSSR count). The number of carbonyl (C=O) groups is 2. The first-order valence-corrected chi connectivity index (χ1v) is 11.4. The highest BCUT2D eigenvalue weighted by molar-refractivity contribution is 6.17. The molecule has 2 aliphatic rings. The fourth-order valence-electron chi connectivity index (χ4n) is 4.81. The highest BCUT2D eigenvalue weighted by Crippen LogP contribution is 2.48. The Morgan fingerprint density at radius 2 is 1.75 bits per heavy atom. The van der Waals surface area contributed by atoms with Crippen LogP contribution >= 0.6 is 0 Å². The van der Waals surface area contributed by atoms with Gasteiger partial charge >= 0.3 is 5.97 Å². The molecule has 164 valence electrons. The second kappa shape index (κ2) is 9.12. The maximum atomic E-state index is 13.6. The van der Waals surface area contributed by atoms with Gasteiger partial charge in [0.2, 0.25) is 0 Å². The normalized spacial score (nSPS) is 19.7. The van der Waals surface area contributed by atoms with Crippen LogP contribution in [0.15, 0.2) is 82.5 Å². The van der Waals surface area contributed by atoms with E-state index in [1.165, 1.54) is 5.56 Å². The van der Waals surface area contributed by atoms with E-state index < -0.39 is 0 Å². The Balaban J connectivity index is 1.79. The van der Waals surface area contributed by atoms with Crippen LogP contribution in [-0.4, -0.2) is 18.4 Å². The highest BCUT2D eigenvalue weighted by Gasteiger charge is 2.41. The monoisotopic (exact) mass is 426 g/mol. The van der Waals surface area contributed by atoms with Crippen molar-refractivity contribution < 1.29 is 14.3 Å². The van der Waals surface area contributed by atoms with Gasteiger partial charge in [0.05, 0.1) is 6.61 Å². The van der Waals surface area contributed by atoms with E-state index in [0.29, 0.717) is 30.9 Å². The van der Waals surface area contributed by atoms with Gasteiger partial charge in [-0.1, -0.05) is 79.6 Å². The topological polar surface area (TPSA) is 43.4 Å². The summed E-state index contributed by atoms with van der Waals surface area (Å²) in [6.07, 6.45) is 3.26. The Labute approximate surface area is 190 Å². The number of benzene rings is 2. The van der Waals surface area contributed by atoms with E-state index in [9.17, 15) is 9.59 Å². The van der Waals surface area contributed by atoms with Gasteiger partial charge in [-0.05, 0) is 55.4 Å². The molecule has 3 nitrogen and oxygen atoms in total. The number of allylic oxidation sites excluding steroid dienone is 4. The minimum absolute atomic E-state index is 0.0519. The number of ether oxygens (including phenoxy) is 1. The van der Waals surface area contributed by atoms with Crippen LogP contribution in [-0.2, 0) is 14.3 Å². The first kappa shape index (κ1) is 22.0. The molecule has 0 heterocycles. The van der Waals surface area contributed by atoms with Crippen LogP contribution in [0, 0.1) is 0 Å². The van der Waals surface area contributed by atoms with Crippen LogP contribution < -0.4 is 0 Å². The number of hydrogen-bond acceptors (Lipinski definition) is 3. The van der Waals surface area contributed by atoms with Gasteiger partial charge in [-0.3, -0.25) is 4.79 Å². The molecule has 3 heteroatoms. The Kier molecular flexibility index (Phi) is 6.27. The number of esters is 1. The number of hydrogen-bond donors (Lipinski definition) is 0. The third-order valence-corrected chi connectivity index (χ3v) is 6.41. The molecule has 1 atom stereocenters. The lowest BCUT2D eigenvalue weighted by atomic mass is 9.75. The van der Waals surface area contributed by atoms with Gasteiger partial charge in [0, 0.05) is 22.6 Å². The number of ketones is 1. The molecule has 2 aromatic carbocycles. The van der Waals surface area contributed by atoms with Gasteiger partial charge in [-0.15, -0.1) is 0 Å². The summed E-state index contributed by atoms with van der Waals surface area (Å²) < 4.78 is 5.43. The first-order valence-electron chi connectivity index (χ1n) is 11.4. The van der Waals surface area contributed by atoms with Gasteiger partial charge < -0.3 is 4.74 Å². The molecular weight excluding hydrogens is 396 g/mol. The molecule has 1 unspecified atom stereocenters. The van der Waals surface area contributed by atoms with E-state index in [-0.39, 0.29) is 17.7 Å². The lowest BCUT2D eigenvalue weighted by Crippen LogP contribution is -2.23. The quantitative estimate of drug-likeness (QED) is 0.403. The summed E-state index contributed by atoms with van der Waals surface area (Å²) in [7, 11) is 0. The molecule has 0 radical (unpaired) electrons.